The highest BCUT2D eigenvalue weighted by atomic mass is 36.0. The molecule has 10 rings (SSSR count). The fourth-order valence-corrected chi connectivity index (χ4v) is 7.54. The SMILES string of the molecule is CN(c1cncc(-c2ccc(C(F)F)nc2)n1)c1nc2nncn2c2cc(Cl)c(F)cc12.Fc1cc2c(Cl)nc(Cl)nc2cc1Cl.Nc1cc(Cl)c(F)cc1C(=O)O.O=C1Cc2cc(Cl)c(F)cc2C(=O)N1.O=P(Cl)(Cl)Cl. The molecular weight excluding hydrogens is 1240 g/mol. The Hall–Kier alpha value is -6.11. The molecule has 0 saturated heterocycles. The molecule has 33 heteroatoms. The minimum Gasteiger partial charge on any atom is -0.478 e. The summed E-state index contributed by atoms with van der Waals surface area (Å²) in [6.07, 6.45) is 3.15. The normalized spacial score (nSPS) is 11.8. The van der Waals surface area contributed by atoms with Gasteiger partial charge < -0.3 is 15.7 Å². The van der Waals surface area contributed by atoms with Gasteiger partial charge >= 0.3 is 11.2 Å². The van der Waals surface area contributed by atoms with Gasteiger partial charge in [-0.1, -0.05) is 58.0 Å². The number of aromatic carboxylic acids is 1. The van der Waals surface area contributed by atoms with Crippen molar-refractivity contribution >= 4 is 171 Å². The van der Waals surface area contributed by atoms with Gasteiger partial charge in [0.05, 0.1) is 61.2 Å². The smallest absolute Gasteiger partial charge is 0.339 e. The number of benzene rings is 4. The number of halogens is 15. The van der Waals surface area contributed by atoms with Crippen molar-refractivity contribution in [2.45, 2.75) is 12.8 Å². The van der Waals surface area contributed by atoms with Gasteiger partial charge in [0.1, 0.15) is 46.3 Å². The lowest BCUT2D eigenvalue weighted by atomic mass is 10.00. The van der Waals surface area contributed by atoms with Crippen LogP contribution in [0.15, 0.2) is 85.6 Å². The zero-order chi connectivity index (χ0) is 56.8. The van der Waals surface area contributed by atoms with Gasteiger partial charge in [0.15, 0.2) is 5.82 Å². The second-order valence-electron chi connectivity index (χ2n) is 14.9. The topological polar surface area (TPSA) is 237 Å². The van der Waals surface area contributed by atoms with Gasteiger partial charge in [-0.25, -0.2) is 46.1 Å². The van der Waals surface area contributed by atoms with Crippen molar-refractivity contribution in [1.82, 2.24) is 49.8 Å². The van der Waals surface area contributed by atoms with Crippen molar-refractivity contribution < 1.29 is 50.4 Å². The molecule has 5 aromatic heterocycles. The third-order valence-electron chi connectivity index (χ3n) is 9.85. The maximum Gasteiger partial charge on any atom is 0.339 e. The molecule has 9 aromatic rings. The van der Waals surface area contributed by atoms with Crippen molar-refractivity contribution in [2.75, 3.05) is 17.7 Å². The third kappa shape index (κ3) is 15.6. The van der Waals surface area contributed by atoms with Crippen LogP contribution in [0.5, 0.6) is 0 Å². The van der Waals surface area contributed by atoms with Gasteiger partial charge in [-0.05, 0) is 112 Å². The summed E-state index contributed by atoms with van der Waals surface area (Å²) >= 11 is 47.6. The lowest BCUT2D eigenvalue weighted by Crippen LogP contribution is -2.37. The van der Waals surface area contributed by atoms with Gasteiger partial charge in [0, 0.05) is 40.8 Å². The number of anilines is 3. The summed E-state index contributed by atoms with van der Waals surface area (Å²) in [6.45, 7) is 0. The van der Waals surface area contributed by atoms with E-state index in [1.807, 2.05) is 0 Å². The van der Waals surface area contributed by atoms with E-state index in [2.05, 4.69) is 79.1 Å². The first kappa shape index (κ1) is 60.1. The number of nitrogens with two attached hydrogens (primary N) is 1. The Labute approximate surface area is 471 Å². The molecule has 4 N–H and O–H groups in total. The van der Waals surface area contributed by atoms with Gasteiger partial charge in [0.2, 0.25) is 11.2 Å². The van der Waals surface area contributed by atoms with Crippen molar-refractivity contribution in [2.24, 2.45) is 0 Å². The molecule has 0 radical (unpaired) electrons. The first-order chi connectivity index (χ1) is 36.1. The molecule has 0 aliphatic carbocycles. The number of carbonyl (C=O) groups is 3. The van der Waals surface area contributed by atoms with Crippen LogP contribution in [-0.2, 0) is 15.8 Å². The number of aromatic nitrogens is 9. The van der Waals surface area contributed by atoms with Gasteiger partial charge in [-0.3, -0.25) is 33.8 Å². The molecule has 0 bridgehead atoms. The highest BCUT2D eigenvalue weighted by Crippen LogP contribution is 2.61. The average Bonchev–Trinajstić information content (AvgIpc) is 3.84. The number of alkyl halides is 2. The molecule has 1 aliphatic heterocycles. The van der Waals surface area contributed by atoms with E-state index in [9.17, 15) is 45.3 Å². The fraction of sp³-hybridized carbons (Fsp3) is 0.0682. The largest absolute Gasteiger partial charge is 0.478 e. The van der Waals surface area contributed by atoms with Crippen molar-refractivity contribution in [1.29, 1.82) is 0 Å². The standard InChI is InChI=1S/C20H12ClF3N8.C9H5ClFNO2.C8H2Cl3FN2.C7H5ClFNO2.Cl3OP/c1-31(17-8-25-7-15(28-17)10-2-3-14(18(23)24)26-6-10)19-11-4-13(22)12(21)5-16(11)32-9-27-30-20(32)29-19;10-6-1-4-2-8(13)12-9(14)5(4)3-7(6)11;9-4-2-6-3(1-5(4)12)7(10)14-8(11)13-6;8-4-2-6(10)3(7(11)12)1-5(4)9;1-5(2,3)4/h2-9,18H,1H3;1,3H,2H2,(H,12,13,14);1-2H;1-2H,10H2,(H,11,12);. The second kappa shape index (κ2) is 25.6. The lowest BCUT2D eigenvalue weighted by Gasteiger charge is -2.20. The zero-order valence-corrected chi connectivity index (χ0v) is 45.3. The average molecular weight is 1260 g/mol. The maximum atomic E-state index is 14.3. The number of carbonyl (C=O) groups excluding carboxylic acids is 2. The molecule has 0 unspecified atom stereocenters. The van der Waals surface area contributed by atoms with E-state index < -0.39 is 52.7 Å². The number of nitrogens with zero attached hydrogens (tertiary/aromatic N) is 10. The van der Waals surface area contributed by atoms with Crippen LogP contribution in [0.4, 0.5) is 43.7 Å². The summed E-state index contributed by atoms with van der Waals surface area (Å²) in [5, 5.41) is 15.8. The number of hydrogen-bond acceptors (Lipinski definition) is 14. The van der Waals surface area contributed by atoms with Crippen LogP contribution in [0.3, 0.4) is 0 Å². The Kier molecular flexibility index (Phi) is 20.0. The summed E-state index contributed by atoms with van der Waals surface area (Å²) in [7, 11) is 1.69. The lowest BCUT2D eigenvalue weighted by molar-refractivity contribution is -0.119. The van der Waals surface area contributed by atoms with E-state index in [-0.39, 0.29) is 65.2 Å². The number of rotatable bonds is 5. The minimum atomic E-state index is -3.22. The summed E-state index contributed by atoms with van der Waals surface area (Å²) in [5.41, 5.74) is 7.15. The van der Waals surface area contributed by atoms with Gasteiger partial charge in [-0.15, -0.1) is 10.2 Å². The van der Waals surface area contributed by atoms with Crippen molar-refractivity contribution in [3.05, 3.63) is 162 Å². The van der Waals surface area contributed by atoms with Crippen LogP contribution in [0.2, 0.25) is 30.5 Å². The van der Waals surface area contributed by atoms with Crippen molar-refractivity contribution in [3.8, 4) is 11.3 Å². The number of pyridine rings is 1. The first-order valence-corrected chi connectivity index (χ1v) is 27.0. The molecule has 0 fully saturated rings. The first-order valence-electron chi connectivity index (χ1n) is 20.4. The summed E-state index contributed by atoms with van der Waals surface area (Å²) in [6, 6.07) is 12.2. The quantitative estimate of drug-likeness (QED) is 0.0363. The van der Waals surface area contributed by atoms with Crippen LogP contribution in [-0.4, -0.2) is 74.4 Å². The third-order valence-corrected chi connectivity index (χ3v) is 11.5. The minimum absolute atomic E-state index is 0.00479. The number of imide groups is 1. The van der Waals surface area contributed by atoms with Crippen LogP contribution >= 0.6 is 109 Å². The Balaban J connectivity index is 0.000000178. The highest BCUT2D eigenvalue weighted by Gasteiger charge is 2.24. The molecular formula is C44H24Cl9F6N12O5P. The van der Waals surface area contributed by atoms with E-state index in [0.29, 0.717) is 50.3 Å². The summed E-state index contributed by atoms with van der Waals surface area (Å²) < 4.78 is 89.6. The van der Waals surface area contributed by atoms with Crippen LogP contribution < -0.4 is 16.0 Å². The fourth-order valence-electron chi connectivity index (χ4n) is 6.42. The highest BCUT2D eigenvalue weighted by molar-refractivity contribution is 8.24. The molecule has 77 heavy (non-hydrogen) atoms. The second-order valence-corrected chi connectivity index (χ2v) is 23.9. The molecule has 0 atom stereocenters. The summed E-state index contributed by atoms with van der Waals surface area (Å²) in [4.78, 5) is 58.7. The molecule has 6 heterocycles. The number of nitrogens with one attached hydrogen (secondary N) is 1. The Morgan fingerprint density at radius 1 is 0.792 bits per heavy atom. The van der Waals surface area contributed by atoms with Gasteiger partial charge in [0.25, 0.3) is 18.1 Å². The zero-order valence-electron chi connectivity index (χ0n) is 37.6. The number of amides is 2. The Morgan fingerprint density at radius 3 is 2.04 bits per heavy atom. The summed E-state index contributed by atoms with van der Waals surface area (Å²) in [5.74, 6) is -3.83. The van der Waals surface area contributed by atoms with Crippen LogP contribution in [0, 0.1) is 23.3 Å². The van der Waals surface area contributed by atoms with Gasteiger partial charge in [-0.2, -0.15) is 4.98 Å². The van der Waals surface area contributed by atoms with Crippen LogP contribution in [0.25, 0.3) is 38.8 Å². The van der Waals surface area contributed by atoms with E-state index in [0.717, 1.165) is 18.2 Å². The van der Waals surface area contributed by atoms with E-state index in [4.69, 9.17) is 80.4 Å². The van der Waals surface area contributed by atoms with E-state index >= 15 is 0 Å². The number of carboxylic acids is 1. The molecule has 1 aliphatic rings. The molecule has 2 amide bonds. The monoisotopic (exact) mass is 1260 g/mol. The van der Waals surface area contributed by atoms with E-state index in [1.54, 1.807) is 16.3 Å². The number of nitrogen functional groups attached to an aromatic ring is 1. The number of hydrogen-bond donors (Lipinski definition) is 3. The van der Waals surface area contributed by atoms with Crippen LogP contribution in [0.1, 0.15) is 38.4 Å². The Morgan fingerprint density at radius 2 is 1.40 bits per heavy atom. The van der Waals surface area contributed by atoms with E-state index in [1.165, 1.54) is 67.4 Å². The molecule has 0 saturated carbocycles. The molecule has 400 valence electrons. The van der Waals surface area contributed by atoms with Crippen molar-refractivity contribution in [3.63, 3.8) is 0 Å². The maximum absolute atomic E-state index is 14.3. The Bertz CT molecular complexity index is 3810. The molecule has 17 nitrogen and oxygen atoms in total. The number of fused-ring (bicyclic) bond motifs is 5. The number of carboxylic acid groups (broad SMARTS) is 1. The predicted molar refractivity (Wildman–Crippen MR) is 282 cm³/mol. The predicted octanol–water partition coefficient (Wildman–Crippen LogP) is 14.2. The molecule has 0 spiro atoms. The molecule has 4 aromatic carbocycles.